The van der Waals surface area contributed by atoms with Gasteiger partial charge in [-0.2, -0.15) is 0 Å². The normalized spacial score (nSPS) is 11.0. The summed E-state index contributed by atoms with van der Waals surface area (Å²) in [6, 6.07) is 16.1. The Morgan fingerprint density at radius 3 is 2.48 bits per heavy atom. The van der Waals surface area contributed by atoms with Crippen LogP contribution in [0.5, 0.6) is 0 Å². The second-order valence-corrected chi connectivity index (χ2v) is 5.53. The van der Waals surface area contributed by atoms with Gasteiger partial charge in [-0.05, 0) is 42.8 Å². The van der Waals surface area contributed by atoms with Gasteiger partial charge in [-0.25, -0.2) is 4.98 Å². The van der Waals surface area contributed by atoms with Crippen molar-refractivity contribution in [2.45, 2.75) is 6.92 Å². The summed E-state index contributed by atoms with van der Waals surface area (Å²) in [5, 5.41) is 0. The number of fused-ring (bicyclic) bond motifs is 1. The van der Waals surface area contributed by atoms with Gasteiger partial charge in [0.05, 0.1) is 22.4 Å². The van der Waals surface area contributed by atoms with E-state index in [-0.39, 0.29) is 0 Å². The molecule has 23 heavy (non-hydrogen) atoms. The summed E-state index contributed by atoms with van der Waals surface area (Å²) in [6.07, 6.45) is 3.61. The van der Waals surface area contributed by atoms with Gasteiger partial charge in [0.25, 0.3) is 0 Å². The molecule has 0 N–H and O–H groups in total. The molecule has 0 saturated carbocycles. The topological polar surface area (TPSA) is 43.6 Å². The molecule has 0 fully saturated rings. The van der Waals surface area contributed by atoms with E-state index in [4.69, 9.17) is 4.98 Å². The molecule has 4 heteroatoms. The van der Waals surface area contributed by atoms with Crippen molar-refractivity contribution in [2.75, 3.05) is 0 Å². The Morgan fingerprint density at radius 2 is 1.70 bits per heavy atom. The lowest BCUT2D eigenvalue weighted by Crippen LogP contribution is -1.98. The van der Waals surface area contributed by atoms with Gasteiger partial charge in [0.2, 0.25) is 0 Å². The fourth-order valence-electron chi connectivity index (χ4n) is 2.93. The molecule has 0 saturated heterocycles. The van der Waals surface area contributed by atoms with Gasteiger partial charge in [0.15, 0.2) is 0 Å². The number of aromatic nitrogens is 4. The lowest BCUT2D eigenvalue weighted by molar-refractivity contribution is 0.956. The van der Waals surface area contributed by atoms with Crippen LogP contribution < -0.4 is 0 Å². The number of aryl methyl sites for hydroxylation is 1. The molecule has 0 unspecified atom stereocenters. The van der Waals surface area contributed by atoms with E-state index < -0.39 is 0 Å². The van der Waals surface area contributed by atoms with Crippen LogP contribution in [-0.2, 0) is 7.05 Å². The van der Waals surface area contributed by atoms with Crippen LogP contribution in [0.25, 0.3) is 33.8 Å². The largest absolute Gasteiger partial charge is 0.327 e. The summed E-state index contributed by atoms with van der Waals surface area (Å²) in [4.78, 5) is 13.7. The van der Waals surface area contributed by atoms with Crippen molar-refractivity contribution >= 4 is 11.0 Å². The average Bonchev–Trinajstić information content (AvgIpc) is 2.93. The molecule has 0 aliphatic carbocycles. The van der Waals surface area contributed by atoms with Crippen LogP contribution in [0.3, 0.4) is 0 Å². The number of pyridine rings is 2. The molecular formula is C19H16N4. The standard InChI is InChI=1S/C19H16N4/c1-13-14(10-12-21-18(13)16-8-5-6-11-20-16)19-22-15-7-3-4-9-17(15)23(19)2/h3-12H,1-2H3. The maximum Gasteiger partial charge on any atom is 0.141 e. The summed E-state index contributed by atoms with van der Waals surface area (Å²) >= 11 is 0. The van der Waals surface area contributed by atoms with E-state index in [1.54, 1.807) is 6.20 Å². The number of nitrogens with zero attached hydrogens (tertiary/aromatic N) is 4. The third kappa shape index (κ3) is 2.19. The quantitative estimate of drug-likeness (QED) is 0.562. The van der Waals surface area contributed by atoms with Gasteiger partial charge in [-0.1, -0.05) is 18.2 Å². The first-order chi connectivity index (χ1) is 11.3. The lowest BCUT2D eigenvalue weighted by atomic mass is 10.1. The molecule has 0 amide bonds. The van der Waals surface area contributed by atoms with E-state index in [1.165, 1.54) is 0 Å². The maximum absolute atomic E-state index is 4.79. The van der Waals surface area contributed by atoms with E-state index in [1.807, 2.05) is 55.7 Å². The average molecular weight is 300 g/mol. The number of hydrogen-bond acceptors (Lipinski definition) is 3. The lowest BCUT2D eigenvalue weighted by Gasteiger charge is -2.10. The van der Waals surface area contributed by atoms with Crippen molar-refractivity contribution in [1.82, 2.24) is 19.5 Å². The van der Waals surface area contributed by atoms with E-state index >= 15 is 0 Å². The van der Waals surface area contributed by atoms with Crippen LogP contribution in [0.1, 0.15) is 5.56 Å². The van der Waals surface area contributed by atoms with E-state index in [0.29, 0.717) is 0 Å². The van der Waals surface area contributed by atoms with Gasteiger partial charge in [-0.15, -0.1) is 0 Å². The summed E-state index contributed by atoms with van der Waals surface area (Å²) in [6.45, 7) is 2.08. The second-order valence-electron chi connectivity index (χ2n) is 5.53. The summed E-state index contributed by atoms with van der Waals surface area (Å²) in [7, 11) is 2.05. The Morgan fingerprint density at radius 1 is 0.870 bits per heavy atom. The van der Waals surface area contributed by atoms with E-state index in [2.05, 4.69) is 27.5 Å². The molecule has 3 aromatic heterocycles. The molecule has 0 radical (unpaired) electrons. The van der Waals surface area contributed by atoms with Gasteiger partial charge in [-0.3, -0.25) is 9.97 Å². The van der Waals surface area contributed by atoms with Gasteiger partial charge in [0.1, 0.15) is 5.82 Å². The zero-order valence-corrected chi connectivity index (χ0v) is 13.1. The number of hydrogen-bond donors (Lipinski definition) is 0. The third-order valence-electron chi connectivity index (χ3n) is 4.14. The Balaban J connectivity index is 1.94. The zero-order chi connectivity index (χ0) is 15.8. The monoisotopic (exact) mass is 300 g/mol. The summed E-state index contributed by atoms with van der Waals surface area (Å²) < 4.78 is 2.12. The van der Waals surface area contributed by atoms with Crippen LogP contribution in [0.4, 0.5) is 0 Å². The molecule has 4 aromatic rings. The summed E-state index contributed by atoms with van der Waals surface area (Å²) in [5.41, 5.74) is 6.07. The van der Waals surface area contributed by atoms with E-state index in [0.717, 1.165) is 39.4 Å². The highest BCUT2D eigenvalue weighted by molar-refractivity contribution is 5.82. The Kier molecular flexibility index (Phi) is 3.15. The first-order valence-corrected chi connectivity index (χ1v) is 7.54. The van der Waals surface area contributed by atoms with Gasteiger partial charge < -0.3 is 4.57 Å². The maximum atomic E-state index is 4.79. The van der Waals surface area contributed by atoms with Crippen molar-refractivity contribution < 1.29 is 0 Å². The molecule has 4 rings (SSSR count). The van der Waals surface area contributed by atoms with Crippen LogP contribution >= 0.6 is 0 Å². The smallest absolute Gasteiger partial charge is 0.141 e. The van der Waals surface area contributed by atoms with Crippen molar-refractivity contribution in [1.29, 1.82) is 0 Å². The van der Waals surface area contributed by atoms with E-state index in [9.17, 15) is 0 Å². The van der Waals surface area contributed by atoms with Crippen LogP contribution in [-0.4, -0.2) is 19.5 Å². The van der Waals surface area contributed by atoms with Crippen LogP contribution in [0.15, 0.2) is 60.9 Å². The Labute approximate surface area is 134 Å². The molecule has 0 aliphatic rings. The molecule has 3 heterocycles. The van der Waals surface area contributed by atoms with Crippen LogP contribution in [0.2, 0.25) is 0 Å². The highest BCUT2D eigenvalue weighted by atomic mass is 15.1. The fraction of sp³-hybridized carbons (Fsp3) is 0.105. The van der Waals surface area contributed by atoms with Crippen molar-refractivity contribution in [3.05, 3.63) is 66.5 Å². The minimum atomic E-state index is 0.880. The minimum Gasteiger partial charge on any atom is -0.327 e. The first kappa shape index (κ1) is 13.6. The molecule has 0 bridgehead atoms. The predicted molar refractivity (Wildman–Crippen MR) is 91.9 cm³/mol. The molecule has 0 aliphatic heterocycles. The molecule has 112 valence electrons. The Bertz CT molecular complexity index is 987. The predicted octanol–water partition coefficient (Wildman–Crippen LogP) is 4.01. The van der Waals surface area contributed by atoms with Gasteiger partial charge >= 0.3 is 0 Å². The SMILES string of the molecule is Cc1c(-c2nc3ccccc3n2C)ccnc1-c1ccccn1. The molecule has 0 spiro atoms. The van der Waals surface area contributed by atoms with Crippen molar-refractivity contribution in [2.24, 2.45) is 7.05 Å². The molecule has 0 atom stereocenters. The minimum absolute atomic E-state index is 0.880. The molecule has 1 aromatic carbocycles. The molecular weight excluding hydrogens is 284 g/mol. The molecule has 4 nitrogen and oxygen atoms in total. The fourth-order valence-corrected chi connectivity index (χ4v) is 2.93. The van der Waals surface area contributed by atoms with Crippen LogP contribution in [0, 0.1) is 6.92 Å². The van der Waals surface area contributed by atoms with Crippen molar-refractivity contribution in [3.8, 4) is 22.8 Å². The van der Waals surface area contributed by atoms with Crippen molar-refractivity contribution in [3.63, 3.8) is 0 Å². The number of rotatable bonds is 2. The number of benzene rings is 1. The zero-order valence-electron chi connectivity index (χ0n) is 13.1. The van der Waals surface area contributed by atoms with Gasteiger partial charge in [0, 0.05) is 25.0 Å². The first-order valence-electron chi connectivity index (χ1n) is 7.54. The summed E-state index contributed by atoms with van der Waals surface area (Å²) in [5.74, 6) is 0.947. The third-order valence-corrected chi connectivity index (χ3v) is 4.14. The number of imidazole rings is 1. The highest BCUT2D eigenvalue weighted by Gasteiger charge is 2.15. The number of para-hydroxylation sites is 2. The second kappa shape index (κ2) is 5.32. The highest BCUT2D eigenvalue weighted by Crippen LogP contribution is 2.30. The Hall–Kier alpha value is -3.01.